The average Bonchev–Trinajstić information content (AvgIpc) is 2.71. The minimum Gasteiger partial charge on any atom is -0.494 e. The number of carbonyl (C=O) groups excluding carboxylic acids is 1. The van der Waals surface area contributed by atoms with Gasteiger partial charge in [0.1, 0.15) is 5.75 Å². The lowest BCUT2D eigenvalue weighted by Gasteiger charge is -2.14. The molecule has 5 heteroatoms. The second-order valence-corrected chi connectivity index (χ2v) is 6.48. The molecule has 28 heavy (non-hydrogen) atoms. The monoisotopic (exact) mass is 378 g/mol. The number of benzene rings is 3. The Balaban J connectivity index is 1.86. The fourth-order valence-electron chi connectivity index (χ4n) is 3.19. The highest BCUT2D eigenvalue weighted by Crippen LogP contribution is 2.28. The van der Waals surface area contributed by atoms with Crippen molar-refractivity contribution in [1.29, 1.82) is 0 Å². The number of carboxylic acid groups (broad SMARTS) is 1. The lowest BCUT2D eigenvalue weighted by Crippen LogP contribution is -2.14. The first-order chi connectivity index (χ1) is 13.5. The molecule has 3 rings (SSSR count). The summed E-state index contributed by atoms with van der Waals surface area (Å²) in [4.78, 5) is 23.4. The number of hydrogen-bond donors (Lipinski definition) is 1. The van der Waals surface area contributed by atoms with E-state index in [1.807, 2.05) is 43.3 Å². The van der Waals surface area contributed by atoms with Crippen molar-refractivity contribution in [3.63, 3.8) is 0 Å². The zero-order valence-corrected chi connectivity index (χ0v) is 15.8. The van der Waals surface area contributed by atoms with Gasteiger partial charge in [0, 0.05) is 0 Å². The van der Waals surface area contributed by atoms with Gasteiger partial charge in [-0.25, -0.2) is 4.79 Å². The van der Waals surface area contributed by atoms with Crippen molar-refractivity contribution >= 4 is 22.7 Å². The highest BCUT2D eigenvalue weighted by Gasteiger charge is 2.21. The van der Waals surface area contributed by atoms with Crippen LogP contribution in [-0.4, -0.2) is 30.8 Å². The predicted octanol–water partition coefficient (Wildman–Crippen LogP) is 4.44. The second kappa shape index (κ2) is 8.57. The van der Waals surface area contributed by atoms with Crippen molar-refractivity contribution in [2.24, 2.45) is 0 Å². The van der Waals surface area contributed by atoms with Crippen LogP contribution in [0.2, 0.25) is 0 Å². The van der Waals surface area contributed by atoms with Crippen LogP contribution in [0.25, 0.3) is 10.8 Å². The maximum atomic E-state index is 11.9. The lowest BCUT2D eigenvalue weighted by molar-refractivity contribution is -0.138. The van der Waals surface area contributed by atoms with Crippen LogP contribution in [0.3, 0.4) is 0 Å². The van der Waals surface area contributed by atoms with E-state index < -0.39 is 17.9 Å². The number of carboxylic acids is 1. The molecule has 0 amide bonds. The molecule has 0 spiro atoms. The Kier molecular flexibility index (Phi) is 5.94. The Labute approximate surface area is 163 Å². The molecule has 0 saturated heterocycles. The van der Waals surface area contributed by atoms with E-state index in [-0.39, 0.29) is 0 Å². The number of esters is 1. The van der Waals surface area contributed by atoms with Crippen molar-refractivity contribution in [1.82, 2.24) is 0 Å². The molecule has 0 aliphatic heterocycles. The van der Waals surface area contributed by atoms with Crippen molar-refractivity contribution < 1.29 is 24.2 Å². The van der Waals surface area contributed by atoms with Crippen LogP contribution in [0, 0.1) is 0 Å². The van der Waals surface area contributed by atoms with E-state index in [1.54, 1.807) is 24.3 Å². The van der Waals surface area contributed by atoms with E-state index in [0.29, 0.717) is 18.6 Å². The van der Waals surface area contributed by atoms with Crippen LogP contribution >= 0.6 is 0 Å². The third kappa shape index (κ3) is 4.31. The summed E-state index contributed by atoms with van der Waals surface area (Å²) in [5, 5.41) is 11.7. The van der Waals surface area contributed by atoms with Gasteiger partial charge in [-0.15, -0.1) is 0 Å². The first-order valence-electron chi connectivity index (χ1n) is 9.08. The van der Waals surface area contributed by atoms with Gasteiger partial charge in [0.2, 0.25) is 0 Å². The molecule has 3 aromatic carbocycles. The van der Waals surface area contributed by atoms with Crippen LogP contribution in [0.15, 0.2) is 60.7 Å². The van der Waals surface area contributed by atoms with E-state index in [1.165, 1.54) is 7.11 Å². The number of methoxy groups -OCH3 is 1. The Morgan fingerprint density at radius 3 is 2.29 bits per heavy atom. The standard InChI is InChI=1S/C23H22O5/c1-3-28-20-11-10-17-13-19(9-8-18(17)14-20)21(22(24)25)12-15-4-6-16(7-5-15)23(26)27-2/h4-11,13-14,21H,3,12H2,1-2H3,(H,24,25). The summed E-state index contributed by atoms with van der Waals surface area (Å²) in [7, 11) is 1.33. The van der Waals surface area contributed by atoms with E-state index in [4.69, 9.17) is 4.74 Å². The maximum Gasteiger partial charge on any atom is 0.337 e. The summed E-state index contributed by atoms with van der Waals surface area (Å²) in [5.41, 5.74) is 2.02. The van der Waals surface area contributed by atoms with Gasteiger partial charge in [-0.1, -0.05) is 36.4 Å². The SMILES string of the molecule is CCOc1ccc2cc(C(Cc3ccc(C(=O)OC)cc3)C(=O)O)ccc2c1. The molecule has 1 unspecified atom stereocenters. The number of ether oxygens (including phenoxy) is 2. The zero-order valence-electron chi connectivity index (χ0n) is 15.8. The molecule has 3 aromatic rings. The minimum absolute atomic E-state index is 0.333. The van der Waals surface area contributed by atoms with Gasteiger partial charge in [-0.3, -0.25) is 4.79 Å². The Morgan fingerprint density at radius 2 is 1.64 bits per heavy atom. The topological polar surface area (TPSA) is 72.8 Å². The molecule has 1 N–H and O–H groups in total. The van der Waals surface area contributed by atoms with Gasteiger partial charge in [0.15, 0.2) is 0 Å². The van der Waals surface area contributed by atoms with Crippen LogP contribution < -0.4 is 4.74 Å². The van der Waals surface area contributed by atoms with Crippen LogP contribution in [0.4, 0.5) is 0 Å². The molecule has 1 atom stereocenters. The summed E-state index contributed by atoms with van der Waals surface area (Å²) in [6, 6.07) is 18.3. The van der Waals surface area contributed by atoms with Gasteiger partial charge >= 0.3 is 11.9 Å². The maximum absolute atomic E-state index is 11.9. The Bertz CT molecular complexity index is 992. The molecule has 0 aromatic heterocycles. The van der Waals surface area contributed by atoms with Gasteiger partial charge in [-0.2, -0.15) is 0 Å². The van der Waals surface area contributed by atoms with E-state index >= 15 is 0 Å². The highest BCUT2D eigenvalue weighted by molar-refractivity contribution is 5.89. The molecule has 0 heterocycles. The van der Waals surface area contributed by atoms with Crippen molar-refractivity contribution in [2.75, 3.05) is 13.7 Å². The Morgan fingerprint density at radius 1 is 0.964 bits per heavy atom. The van der Waals surface area contributed by atoms with Gasteiger partial charge in [0.25, 0.3) is 0 Å². The van der Waals surface area contributed by atoms with E-state index in [0.717, 1.165) is 27.6 Å². The fraction of sp³-hybridized carbons (Fsp3) is 0.217. The number of rotatable bonds is 7. The molecule has 0 radical (unpaired) electrons. The molecular weight excluding hydrogens is 356 g/mol. The normalized spacial score (nSPS) is 11.8. The molecule has 5 nitrogen and oxygen atoms in total. The molecule has 0 aliphatic carbocycles. The largest absolute Gasteiger partial charge is 0.494 e. The van der Waals surface area contributed by atoms with Crippen molar-refractivity contribution in [3.05, 3.63) is 77.4 Å². The summed E-state index contributed by atoms with van der Waals surface area (Å²) in [6.45, 7) is 2.53. The molecular formula is C23H22O5. The van der Waals surface area contributed by atoms with E-state index in [2.05, 4.69) is 4.74 Å². The number of carbonyl (C=O) groups is 2. The van der Waals surface area contributed by atoms with Gasteiger partial charge in [-0.05, 0) is 59.5 Å². The number of aliphatic carboxylic acids is 1. The van der Waals surface area contributed by atoms with Crippen LogP contribution in [0.5, 0.6) is 5.75 Å². The van der Waals surface area contributed by atoms with Gasteiger partial charge < -0.3 is 14.6 Å². The minimum atomic E-state index is -0.887. The first kappa shape index (κ1) is 19.4. The molecule has 0 bridgehead atoms. The van der Waals surface area contributed by atoms with Crippen LogP contribution in [-0.2, 0) is 16.0 Å². The summed E-state index contributed by atoms with van der Waals surface area (Å²) >= 11 is 0. The summed E-state index contributed by atoms with van der Waals surface area (Å²) < 4.78 is 10.2. The van der Waals surface area contributed by atoms with Gasteiger partial charge in [0.05, 0.1) is 25.2 Å². The number of hydrogen-bond acceptors (Lipinski definition) is 4. The quantitative estimate of drug-likeness (QED) is 0.616. The fourth-order valence-corrected chi connectivity index (χ4v) is 3.19. The number of fused-ring (bicyclic) bond motifs is 1. The summed E-state index contributed by atoms with van der Waals surface area (Å²) in [6.07, 6.45) is 0.333. The lowest BCUT2D eigenvalue weighted by atomic mass is 9.90. The highest BCUT2D eigenvalue weighted by atomic mass is 16.5. The van der Waals surface area contributed by atoms with E-state index in [9.17, 15) is 14.7 Å². The predicted molar refractivity (Wildman–Crippen MR) is 107 cm³/mol. The molecule has 0 fully saturated rings. The molecule has 144 valence electrons. The average molecular weight is 378 g/mol. The van der Waals surface area contributed by atoms with Crippen molar-refractivity contribution in [3.8, 4) is 5.75 Å². The third-order valence-electron chi connectivity index (χ3n) is 4.66. The molecule has 0 aliphatic rings. The third-order valence-corrected chi connectivity index (χ3v) is 4.66. The first-order valence-corrected chi connectivity index (χ1v) is 9.08. The smallest absolute Gasteiger partial charge is 0.337 e. The van der Waals surface area contributed by atoms with Crippen molar-refractivity contribution in [2.45, 2.75) is 19.3 Å². The van der Waals surface area contributed by atoms with Crippen LogP contribution in [0.1, 0.15) is 34.3 Å². The zero-order chi connectivity index (χ0) is 20.1. The molecule has 0 saturated carbocycles. The Hall–Kier alpha value is -3.34. The second-order valence-electron chi connectivity index (χ2n) is 6.48. The summed E-state index contributed by atoms with van der Waals surface area (Å²) in [5.74, 6) is -1.19.